The first kappa shape index (κ1) is 14.2. The first-order chi connectivity index (χ1) is 8.04. The minimum atomic E-state index is -0.655. The van der Waals surface area contributed by atoms with Crippen LogP contribution < -0.4 is 0 Å². The Hall–Kier alpha value is -0.860. The molecule has 1 fully saturated rings. The summed E-state index contributed by atoms with van der Waals surface area (Å²) in [5.41, 5.74) is -0.655. The fourth-order valence-corrected chi connectivity index (χ4v) is 2.82. The Bertz CT molecular complexity index is 278. The van der Waals surface area contributed by atoms with E-state index in [2.05, 4.69) is 18.2 Å². The lowest BCUT2D eigenvalue weighted by atomic mass is 9.67. The Morgan fingerprint density at radius 3 is 2.47 bits per heavy atom. The topological polar surface area (TPSA) is 26.3 Å². The van der Waals surface area contributed by atoms with E-state index in [1.54, 1.807) is 0 Å². The lowest BCUT2D eigenvalue weighted by Gasteiger charge is -2.38. The van der Waals surface area contributed by atoms with E-state index in [1.165, 1.54) is 20.0 Å². The largest absolute Gasteiger partial charge is 0.469 e. The van der Waals surface area contributed by atoms with Crippen LogP contribution in [0.5, 0.6) is 0 Å². The Labute approximate surface area is 103 Å². The Balaban J connectivity index is 2.63. The van der Waals surface area contributed by atoms with Crippen LogP contribution in [0.3, 0.4) is 0 Å². The fraction of sp³-hybridized carbons (Fsp3) is 0.786. The number of hydrogen-bond donors (Lipinski definition) is 0. The number of allylic oxidation sites excluding steroid dienone is 1. The summed E-state index contributed by atoms with van der Waals surface area (Å²) in [6.45, 7) is 5.61. The van der Waals surface area contributed by atoms with Gasteiger partial charge in [-0.1, -0.05) is 26.3 Å². The average Bonchev–Trinajstić information content (AvgIpc) is 2.31. The van der Waals surface area contributed by atoms with Crippen LogP contribution in [0.15, 0.2) is 12.4 Å². The van der Waals surface area contributed by atoms with E-state index in [-0.39, 0.29) is 18.2 Å². The SMILES string of the molecule is C=C(F)C1(CC(=O)OC)CCC(CCC)CC1. The third-order valence-electron chi connectivity index (χ3n) is 4.05. The van der Waals surface area contributed by atoms with E-state index < -0.39 is 5.41 Å². The second-order valence-corrected chi connectivity index (χ2v) is 5.17. The number of methoxy groups -OCH3 is 1. The van der Waals surface area contributed by atoms with Gasteiger partial charge in [0.2, 0.25) is 0 Å². The Kier molecular flexibility index (Phi) is 5.16. The van der Waals surface area contributed by atoms with Gasteiger partial charge in [-0.3, -0.25) is 4.79 Å². The molecule has 98 valence electrons. The van der Waals surface area contributed by atoms with E-state index in [0.717, 1.165) is 25.7 Å². The molecule has 0 aromatic rings. The molecule has 0 amide bonds. The highest BCUT2D eigenvalue weighted by atomic mass is 19.1. The highest BCUT2D eigenvalue weighted by molar-refractivity contribution is 5.70. The van der Waals surface area contributed by atoms with Crippen molar-refractivity contribution >= 4 is 5.97 Å². The van der Waals surface area contributed by atoms with Crippen LogP contribution in [0.25, 0.3) is 0 Å². The van der Waals surface area contributed by atoms with Crippen molar-refractivity contribution in [1.29, 1.82) is 0 Å². The van der Waals surface area contributed by atoms with Crippen molar-refractivity contribution in [3.8, 4) is 0 Å². The quantitative estimate of drug-likeness (QED) is 0.681. The van der Waals surface area contributed by atoms with Gasteiger partial charge in [0, 0.05) is 5.41 Å². The van der Waals surface area contributed by atoms with Crippen LogP contribution in [0.1, 0.15) is 51.9 Å². The van der Waals surface area contributed by atoms with Crippen molar-refractivity contribution in [1.82, 2.24) is 0 Å². The zero-order valence-electron chi connectivity index (χ0n) is 10.9. The molecule has 0 N–H and O–H groups in total. The molecule has 0 aromatic heterocycles. The summed E-state index contributed by atoms with van der Waals surface area (Å²) in [6.07, 6.45) is 5.95. The predicted molar refractivity (Wildman–Crippen MR) is 66.2 cm³/mol. The van der Waals surface area contributed by atoms with Crippen LogP contribution in [-0.4, -0.2) is 13.1 Å². The number of rotatable bonds is 5. The van der Waals surface area contributed by atoms with E-state index in [0.29, 0.717) is 5.92 Å². The van der Waals surface area contributed by atoms with Gasteiger partial charge in [0.05, 0.1) is 19.4 Å². The first-order valence-electron chi connectivity index (χ1n) is 6.46. The Morgan fingerprint density at radius 1 is 1.47 bits per heavy atom. The molecule has 0 aromatic carbocycles. The number of carbonyl (C=O) groups is 1. The molecule has 0 bridgehead atoms. The highest BCUT2D eigenvalue weighted by Crippen LogP contribution is 2.47. The fourth-order valence-electron chi connectivity index (χ4n) is 2.82. The summed E-state index contributed by atoms with van der Waals surface area (Å²) in [5.74, 6) is 0.000659. The summed E-state index contributed by atoms with van der Waals surface area (Å²) >= 11 is 0. The number of hydrogen-bond acceptors (Lipinski definition) is 2. The molecule has 0 aliphatic heterocycles. The maximum absolute atomic E-state index is 13.6. The van der Waals surface area contributed by atoms with Gasteiger partial charge < -0.3 is 4.74 Å². The summed E-state index contributed by atoms with van der Waals surface area (Å²) in [5, 5.41) is 0. The normalized spacial score (nSPS) is 28.8. The molecule has 0 saturated heterocycles. The third kappa shape index (κ3) is 3.55. The van der Waals surface area contributed by atoms with Gasteiger partial charge in [-0.15, -0.1) is 0 Å². The van der Waals surface area contributed by atoms with E-state index in [1.807, 2.05) is 0 Å². The molecule has 1 saturated carbocycles. The second-order valence-electron chi connectivity index (χ2n) is 5.17. The maximum atomic E-state index is 13.6. The lowest BCUT2D eigenvalue weighted by molar-refractivity contribution is -0.143. The molecule has 0 heterocycles. The number of carbonyl (C=O) groups excluding carboxylic acids is 1. The van der Waals surface area contributed by atoms with Crippen LogP contribution >= 0.6 is 0 Å². The van der Waals surface area contributed by atoms with Crippen molar-refractivity contribution in [3.63, 3.8) is 0 Å². The molecular weight excluding hydrogens is 219 g/mol. The zero-order valence-corrected chi connectivity index (χ0v) is 10.9. The second kappa shape index (κ2) is 6.18. The molecule has 3 heteroatoms. The molecule has 0 atom stereocenters. The third-order valence-corrected chi connectivity index (χ3v) is 4.05. The average molecular weight is 242 g/mol. The van der Waals surface area contributed by atoms with Crippen molar-refractivity contribution in [2.45, 2.75) is 51.9 Å². The van der Waals surface area contributed by atoms with Crippen LogP contribution in [0, 0.1) is 11.3 Å². The summed E-state index contributed by atoms with van der Waals surface area (Å²) in [4.78, 5) is 11.4. The minimum absolute atomic E-state index is 0.137. The van der Waals surface area contributed by atoms with Crippen molar-refractivity contribution in [2.75, 3.05) is 7.11 Å². The van der Waals surface area contributed by atoms with Gasteiger partial charge in [-0.05, 0) is 31.6 Å². The highest BCUT2D eigenvalue weighted by Gasteiger charge is 2.40. The predicted octanol–water partition coefficient (Wildman–Crippen LogP) is 4.01. The Morgan fingerprint density at radius 2 is 2.06 bits per heavy atom. The van der Waals surface area contributed by atoms with E-state index in [9.17, 15) is 9.18 Å². The van der Waals surface area contributed by atoms with Gasteiger partial charge in [-0.2, -0.15) is 0 Å². The molecule has 0 spiro atoms. The number of esters is 1. The van der Waals surface area contributed by atoms with Gasteiger partial charge in [-0.25, -0.2) is 4.39 Å². The summed E-state index contributed by atoms with van der Waals surface area (Å²) in [7, 11) is 1.35. The zero-order chi connectivity index (χ0) is 12.9. The summed E-state index contributed by atoms with van der Waals surface area (Å²) in [6, 6.07) is 0. The molecule has 0 radical (unpaired) electrons. The number of ether oxygens (including phenoxy) is 1. The van der Waals surface area contributed by atoms with Crippen LogP contribution in [0.4, 0.5) is 4.39 Å². The minimum Gasteiger partial charge on any atom is -0.469 e. The lowest BCUT2D eigenvalue weighted by Crippen LogP contribution is -2.31. The van der Waals surface area contributed by atoms with Crippen molar-refractivity contribution in [3.05, 3.63) is 12.4 Å². The molecule has 1 aliphatic carbocycles. The van der Waals surface area contributed by atoms with Crippen LogP contribution in [-0.2, 0) is 9.53 Å². The molecular formula is C14H23FO2. The van der Waals surface area contributed by atoms with E-state index in [4.69, 9.17) is 0 Å². The first-order valence-corrected chi connectivity index (χ1v) is 6.46. The standard InChI is InChI=1S/C14H23FO2/c1-4-5-12-6-8-14(9-7-12,11(2)15)10-13(16)17-3/h12H,2,4-10H2,1,3H3. The van der Waals surface area contributed by atoms with Gasteiger partial charge in [0.1, 0.15) is 0 Å². The van der Waals surface area contributed by atoms with Crippen molar-refractivity contribution in [2.24, 2.45) is 11.3 Å². The van der Waals surface area contributed by atoms with Crippen LogP contribution in [0.2, 0.25) is 0 Å². The van der Waals surface area contributed by atoms with Gasteiger partial charge >= 0.3 is 5.97 Å². The van der Waals surface area contributed by atoms with Gasteiger partial charge in [0.15, 0.2) is 0 Å². The smallest absolute Gasteiger partial charge is 0.306 e. The summed E-state index contributed by atoms with van der Waals surface area (Å²) < 4.78 is 18.3. The van der Waals surface area contributed by atoms with E-state index >= 15 is 0 Å². The van der Waals surface area contributed by atoms with Gasteiger partial charge in [0.25, 0.3) is 0 Å². The monoisotopic (exact) mass is 242 g/mol. The molecule has 1 aliphatic rings. The van der Waals surface area contributed by atoms with Crippen molar-refractivity contribution < 1.29 is 13.9 Å². The molecule has 1 rings (SSSR count). The number of halogens is 1. The molecule has 2 nitrogen and oxygen atoms in total. The molecule has 0 unspecified atom stereocenters. The maximum Gasteiger partial charge on any atom is 0.306 e. The molecule has 17 heavy (non-hydrogen) atoms.